The molecule has 0 bridgehead atoms. The Balaban J connectivity index is 1.88. The minimum absolute atomic E-state index is 0.108. The van der Waals surface area contributed by atoms with Crippen LogP contribution in [0.4, 0.5) is 0 Å². The van der Waals surface area contributed by atoms with Gasteiger partial charge in [-0.2, -0.15) is 0 Å². The number of rotatable bonds is 3. The molecule has 0 radical (unpaired) electrons. The Morgan fingerprint density at radius 1 is 1.05 bits per heavy atom. The standard InChI is InChI=1S/C18H18N2O/c19-12-18(10-5-11-18)14-7-2-1-6-13(14)17-20-15-8-3-4-9-16(15)21-17/h1-4,6-9H,5,10-12,19H2. The first-order valence-corrected chi connectivity index (χ1v) is 7.48. The lowest BCUT2D eigenvalue weighted by Crippen LogP contribution is -2.41. The number of hydrogen-bond donors (Lipinski definition) is 1. The topological polar surface area (TPSA) is 52.0 Å². The lowest BCUT2D eigenvalue weighted by molar-refractivity contribution is 0.253. The van der Waals surface area contributed by atoms with Gasteiger partial charge >= 0.3 is 0 Å². The van der Waals surface area contributed by atoms with Crippen LogP contribution in [0.5, 0.6) is 0 Å². The summed E-state index contributed by atoms with van der Waals surface area (Å²) in [6.07, 6.45) is 3.56. The monoisotopic (exact) mass is 278 g/mol. The number of para-hydroxylation sites is 2. The Kier molecular flexibility index (Phi) is 2.82. The summed E-state index contributed by atoms with van der Waals surface area (Å²) in [6.45, 7) is 0.685. The summed E-state index contributed by atoms with van der Waals surface area (Å²) in [4.78, 5) is 4.64. The van der Waals surface area contributed by atoms with Crippen LogP contribution in [0.2, 0.25) is 0 Å². The molecule has 3 heteroatoms. The second kappa shape index (κ2) is 4.71. The first-order chi connectivity index (χ1) is 10.3. The maximum absolute atomic E-state index is 6.07. The molecule has 3 aromatic rings. The zero-order chi connectivity index (χ0) is 14.3. The highest BCUT2D eigenvalue weighted by Crippen LogP contribution is 2.46. The first kappa shape index (κ1) is 12.6. The van der Waals surface area contributed by atoms with Crippen molar-refractivity contribution < 1.29 is 4.42 Å². The van der Waals surface area contributed by atoms with E-state index in [1.807, 2.05) is 30.3 Å². The Labute approximate surface area is 123 Å². The van der Waals surface area contributed by atoms with Crippen LogP contribution in [0.15, 0.2) is 52.9 Å². The molecule has 4 rings (SSSR count). The summed E-state index contributed by atoms with van der Waals surface area (Å²) < 4.78 is 5.95. The summed E-state index contributed by atoms with van der Waals surface area (Å²) in [7, 11) is 0. The van der Waals surface area contributed by atoms with Crippen LogP contribution >= 0.6 is 0 Å². The molecule has 1 aliphatic rings. The van der Waals surface area contributed by atoms with Crippen molar-refractivity contribution in [3.63, 3.8) is 0 Å². The normalized spacial score (nSPS) is 16.8. The lowest BCUT2D eigenvalue weighted by Gasteiger charge is -2.42. The largest absolute Gasteiger partial charge is 0.436 e. The molecule has 2 N–H and O–H groups in total. The molecule has 0 spiro atoms. The van der Waals surface area contributed by atoms with Crippen molar-refractivity contribution in [2.45, 2.75) is 24.7 Å². The number of benzene rings is 2. The van der Waals surface area contributed by atoms with Gasteiger partial charge in [0.2, 0.25) is 5.89 Å². The molecule has 21 heavy (non-hydrogen) atoms. The summed E-state index contributed by atoms with van der Waals surface area (Å²) in [5.41, 5.74) is 10.3. The predicted octanol–water partition coefficient (Wildman–Crippen LogP) is 3.88. The molecule has 1 heterocycles. The van der Waals surface area contributed by atoms with Crippen molar-refractivity contribution in [1.29, 1.82) is 0 Å². The first-order valence-electron chi connectivity index (χ1n) is 7.48. The number of oxazole rings is 1. The lowest BCUT2D eigenvalue weighted by atomic mass is 9.63. The van der Waals surface area contributed by atoms with Gasteiger partial charge in [-0.3, -0.25) is 0 Å². The van der Waals surface area contributed by atoms with Crippen molar-refractivity contribution in [2.24, 2.45) is 5.73 Å². The van der Waals surface area contributed by atoms with Crippen LogP contribution in [0, 0.1) is 0 Å². The van der Waals surface area contributed by atoms with Crippen molar-refractivity contribution in [1.82, 2.24) is 4.98 Å². The minimum atomic E-state index is 0.108. The van der Waals surface area contributed by atoms with Crippen molar-refractivity contribution >= 4 is 11.1 Å². The highest BCUT2D eigenvalue weighted by Gasteiger charge is 2.39. The van der Waals surface area contributed by atoms with Gasteiger partial charge in [-0.15, -0.1) is 0 Å². The maximum atomic E-state index is 6.07. The fraction of sp³-hybridized carbons (Fsp3) is 0.278. The SMILES string of the molecule is NCC1(c2ccccc2-c2nc3ccccc3o2)CCC1. The van der Waals surface area contributed by atoms with Crippen LogP contribution in [0.3, 0.4) is 0 Å². The van der Waals surface area contributed by atoms with Gasteiger partial charge in [-0.05, 0) is 36.6 Å². The molecule has 0 amide bonds. The number of aromatic nitrogens is 1. The number of hydrogen-bond acceptors (Lipinski definition) is 3. The molecular formula is C18H18N2O. The zero-order valence-corrected chi connectivity index (χ0v) is 11.9. The van der Waals surface area contributed by atoms with E-state index in [2.05, 4.69) is 23.2 Å². The molecule has 1 saturated carbocycles. The molecule has 0 atom stereocenters. The Hall–Kier alpha value is -2.13. The van der Waals surface area contributed by atoms with E-state index in [4.69, 9.17) is 10.2 Å². The van der Waals surface area contributed by atoms with E-state index in [1.54, 1.807) is 0 Å². The molecular weight excluding hydrogens is 260 g/mol. The smallest absolute Gasteiger partial charge is 0.227 e. The van der Waals surface area contributed by atoms with Gasteiger partial charge < -0.3 is 10.2 Å². The zero-order valence-electron chi connectivity index (χ0n) is 11.9. The van der Waals surface area contributed by atoms with E-state index in [0.717, 1.165) is 29.5 Å². The Morgan fingerprint density at radius 2 is 1.81 bits per heavy atom. The Morgan fingerprint density at radius 3 is 2.52 bits per heavy atom. The fourth-order valence-electron chi connectivity index (χ4n) is 3.31. The van der Waals surface area contributed by atoms with Crippen LogP contribution in [-0.2, 0) is 5.41 Å². The van der Waals surface area contributed by atoms with Gasteiger partial charge in [0.05, 0.1) is 0 Å². The third-order valence-electron chi connectivity index (χ3n) is 4.72. The van der Waals surface area contributed by atoms with E-state index < -0.39 is 0 Å². The van der Waals surface area contributed by atoms with Gasteiger partial charge in [0.15, 0.2) is 5.58 Å². The van der Waals surface area contributed by atoms with E-state index in [9.17, 15) is 0 Å². The quantitative estimate of drug-likeness (QED) is 0.791. The Bertz CT molecular complexity index is 748. The van der Waals surface area contributed by atoms with E-state index >= 15 is 0 Å². The molecule has 0 aliphatic heterocycles. The second-order valence-electron chi connectivity index (χ2n) is 5.87. The molecule has 1 aliphatic carbocycles. The van der Waals surface area contributed by atoms with Crippen LogP contribution in [0.25, 0.3) is 22.6 Å². The average Bonchev–Trinajstić information content (AvgIpc) is 2.91. The highest BCUT2D eigenvalue weighted by molar-refractivity contribution is 5.77. The van der Waals surface area contributed by atoms with Crippen LogP contribution < -0.4 is 5.73 Å². The van der Waals surface area contributed by atoms with E-state index in [-0.39, 0.29) is 5.41 Å². The molecule has 106 valence electrons. The third-order valence-corrected chi connectivity index (χ3v) is 4.72. The van der Waals surface area contributed by atoms with Crippen LogP contribution in [0.1, 0.15) is 24.8 Å². The summed E-state index contributed by atoms with van der Waals surface area (Å²) in [5, 5.41) is 0. The summed E-state index contributed by atoms with van der Waals surface area (Å²) in [6, 6.07) is 16.3. The van der Waals surface area contributed by atoms with Crippen molar-refractivity contribution in [3.8, 4) is 11.5 Å². The van der Waals surface area contributed by atoms with Gasteiger partial charge in [0.25, 0.3) is 0 Å². The third kappa shape index (κ3) is 1.88. The van der Waals surface area contributed by atoms with Crippen LogP contribution in [-0.4, -0.2) is 11.5 Å². The van der Waals surface area contributed by atoms with Crippen molar-refractivity contribution in [2.75, 3.05) is 6.54 Å². The van der Waals surface area contributed by atoms with Crippen molar-refractivity contribution in [3.05, 3.63) is 54.1 Å². The molecule has 3 nitrogen and oxygen atoms in total. The molecule has 1 fully saturated rings. The summed E-state index contributed by atoms with van der Waals surface area (Å²) in [5.74, 6) is 0.700. The average molecular weight is 278 g/mol. The second-order valence-corrected chi connectivity index (χ2v) is 5.87. The van der Waals surface area contributed by atoms with Gasteiger partial charge in [-0.1, -0.05) is 36.8 Å². The van der Waals surface area contributed by atoms with Gasteiger partial charge in [0, 0.05) is 17.5 Å². The maximum Gasteiger partial charge on any atom is 0.227 e. The molecule has 0 unspecified atom stereocenters. The number of fused-ring (bicyclic) bond motifs is 1. The molecule has 0 saturated heterocycles. The molecule has 1 aromatic heterocycles. The van der Waals surface area contributed by atoms with Gasteiger partial charge in [0.1, 0.15) is 5.52 Å². The summed E-state index contributed by atoms with van der Waals surface area (Å²) >= 11 is 0. The van der Waals surface area contributed by atoms with E-state index in [1.165, 1.54) is 12.0 Å². The van der Waals surface area contributed by atoms with Gasteiger partial charge in [-0.25, -0.2) is 4.98 Å². The fourth-order valence-corrected chi connectivity index (χ4v) is 3.31. The van der Waals surface area contributed by atoms with E-state index in [0.29, 0.717) is 12.4 Å². The minimum Gasteiger partial charge on any atom is -0.436 e. The number of nitrogens with two attached hydrogens (primary N) is 1. The number of nitrogens with zero attached hydrogens (tertiary/aromatic N) is 1. The predicted molar refractivity (Wildman–Crippen MR) is 84.0 cm³/mol. The molecule has 2 aromatic carbocycles. The highest BCUT2D eigenvalue weighted by atomic mass is 16.3.